The van der Waals surface area contributed by atoms with Crippen LogP contribution in [0.3, 0.4) is 0 Å². The fourth-order valence-electron chi connectivity index (χ4n) is 1.40. The van der Waals surface area contributed by atoms with Crippen LogP contribution in [0.5, 0.6) is 0 Å². The fourth-order valence-corrected chi connectivity index (χ4v) is 3.09. The van der Waals surface area contributed by atoms with E-state index in [1.165, 1.54) is 0 Å². The molecule has 86 valence electrons. The first-order chi connectivity index (χ1) is 7.43. The molecule has 0 bridgehead atoms. The zero-order chi connectivity index (χ0) is 11.9. The number of nitro benzene ring substituents is 1. The second-order valence-corrected chi connectivity index (χ2v) is 5.75. The maximum atomic E-state index is 12.7. The number of benzene rings is 1. The Hall–Kier alpha value is -1.50. The molecule has 1 aliphatic rings. The molecule has 1 aliphatic carbocycles. The van der Waals surface area contributed by atoms with E-state index in [1.807, 2.05) is 0 Å². The molecule has 0 N–H and O–H groups in total. The second kappa shape index (κ2) is 3.51. The molecule has 1 aromatic rings. The van der Waals surface area contributed by atoms with Crippen molar-refractivity contribution < 1.29 is 17.7 Å². The summed E-state index contributed by atoms with van der Waals surface area (Å²) in [5.41, 5.74) is -0.188. The molecule has 5 nitrogen and oxygen atoms in total. The molecule has 0 saturated heterocycles. The lowest BCUT2D eigenvalue weighted by molar-refractivity contribution is -0.384. The summed E-state index contributed by atoms with van der Waals surface area (Å²) in [5, 5.41) is 9.38. The Morgan fingerprint density at radius 1 is 1.31 bits per heavy atom. The van der Waals surface area contributed by atoms with E-state index >= 15 is 0 Å². The van der Waals surface area contributed by atoms with Gasteiger partial charge in [-0.05, 0) is 18.6 Å². The van der Waals surface area contributed by atoms with Crippen molar-refractivity contribution in [3.05, 3.63) is 34.4 Å². The molecule has 0 heterocycles. The minimum Gasteiger partial charge on any atom is -0.258 e. The van der Waals surface area contributed by atoms with Crippen LogP contribution in [0.1, 0.15) is 6.42 Å². The Balaban J connectivity index is 2.32. The number of nitro groups is 1. The van der Waals surface area contributed by atoms with Gasteiger partial charge in [-0.15, -0.1) is 0 Å². The van der Waals surface area contributed by atoms with Crippen molar-refractivity contribution in [2.24, 2.45) is 0 Å². The summed E-state index contributed by atoms with van der Waals surface area (Å²) >= 11 is 0. The van der Waals surface area contributed by atoms with Gasteiger partial charge in [-0.3, -0.25) is 10.1 Å². The lowest BCUT2D eigenvalue weighted by Gasteiger charge is -2.01. The molecular formula is C9H8FNO4S. The first-order valence-corrected chi connectivity index (χ1v) is 6.10. The van der Waals surface area contributed by atoms with Gasteiger partial charge in [-0.25, -0.2) is 12.8 Å². The SMILES string of the molecule is O=[N+]([O-])c1ccc(S(=O)(=O)[C@@H]2C[C@@H]2F)cc1. The molecule has 0 radical (unpaired) electrons. The topological polar surface area (TPSA) is 77.3 Å². The number of nitrogens with zero attached hydrogens (tertiary/aromatic N) is 1. The van der Waals surface area contributed by atoms with Crippen molar-refractivity contribution in [1.29, 1.82) is 0 Å². The van der Waals surface area contributed by atoms with E-state index in [0.717, 1.165) is 24.3 Å². The third kappa shape index (κ3) is 1.78. The Kier molecular flexibility index (Phi) is 2.42. The van der Waals surface area contributed by atoms with Gasteiger partial charge in [0.15, 0.2) is 9.84 Å². The Bertz CT molecular complexity index is 525. The molecule has 0 amide bonds. The highest BCUT2D eigenvalue weighted by Crippen LogP contribution is 2.37. The second-order valence-electron chi connectivity index (χ2n) is 3.59. The van der Waals surface area contributed by atoms with Gasteiger partial charge in [0.05, 0.1) is 15.1 Å². The maximum absolute atomic E-state index is 12.7. The van der Waals surface area contributed by atoms with Gasteiger partial charge in [-0.2, -0.15) is 0 Å². The zero-order valence-corrected chi connectivity index (χ0v) is 8.85. The molecule has 2 rings (SSSR count). The summed E-state index contributed by atoms with van der Waals surface area (Å²) in [6.07, 6.45) is -1.29. The Morgan fingerprint density at radius 3 is 2.19 bits per heavy atom. The summed E-state index contributed by atoms with van der Waals surface area (Å²) in [7, 11) is -3.66. The summed E-state index contributed by atoms with van der Waals surface area (Å²) < 4.78 is 36.0. The summed E-state index contributed by atoms with van der Waals surface area (Å²) in [4.78, 5) is 9.67. The van der Waals surface area contributed by atoms with Crippen molar-refractivity contribution in [1.82, 2.24) is 0 Å². The first kappa shape index (κ1) is 11.0. The number of halogens is 1. The van der Waals surface area contributed by atoms with Crippen LogP contribution in [-0.2, 0) is 9.84 Å². The molecule has 0 aliphatic heterocycles. The van der Waals surface area contributed by atoms with Crippen LogP contribution in [0.4, 0.5) is 10.1 Å². The van der Waals surface area contributed by atoms with E-state index in [2.05, 4.69) is 0 Å². The molecule has 16 heavy (non-hydrogen) atoms. The van der Waals surface area contributed by atoms with Crippen LogP contribution < -0.4 is 0 Å². The maximum Gasteiger partial charge on any atom is 0.269 e. The van der Waals surface area contributed by atoms with Crippen LogP contribution in [0.15, 0.2) is 29.2 Å². The van der Waals surface area contributed by atoms with E-state index in [-0.39, 0.29) is 17.0 Å². The van der Waals surface area contributed by atoms with Crippen LogP contribution in [0.2, 0.25) is 0 Å². The van der Waals surface area contributed by atoms with Crippen molar-refractivity contribution in [2.45, 2.75) is 22.7 Å². The Morgan fingerprint density at radius 2 is 1.81 bits per heavy atom. The molecule has 0 spiro atoms. The van der Waals surface area contributed by atoms with E-state index < -0.39 is 26.2 Å². The van der Waals surface area contributed by atoms with Crippen molar-refractivity contribution in [3.8, 4) is 0 Å². The minimum absolute atomic E-state index is 0.0132. The van der Waals surface area contributed by atoms with Crippen molar-refractivity contribution in [3.63, 3.8) is 0 Å². The predicted octanol–water partition coefficient (Wildman–Crippen LogP) is 1.48. The average Bonchev–Trinajstić information content (AvgIpc) is 2.96. The third-order valence-electron chi connectivity index (χ3n) is 2.43. The summed E-state index contributed by atoms with van der Waals surface area (Å²) in [6, 6.07) is 4.47. The summed E-state index contributed by atoms with van der Waals surface area (Å²) in [6.45, 7) is 0. The standard InChI is InChI=1S/C9H8FNO4S/c10-8-5-9(8)16(14,15)7-3-1-6(2-4-7)11(12)13/h1-4,8-9H,5H2/t8-,9+/m0/s1. The third-order valence-corrected chi connectivity index (χ3v) is 4.65. The van der Waals surface area contributed by atoms with E-state index in [4.69, 9.17) is 0 Å². The minimum atomic E-state index is -3.66. The predicted molar refractivity (Wildman–Crippen MR) is 53.6 cm³/mol. The van der Waals surface area contributed by atoms with Crippen LogP contribution in [0, 0.1) is 10.1 Å². The van der Waals surface area contributed by atoms with E-state index in [9.17, 15) is 22.9 Å². The number of hydrogen-bond donors (Lipinski definition) is 0. The number of rotatable bonds is 3. The van der Waals surface area contributed by atoms with Gasteiger partial charge in [-0.1, -0.05) is 0 Å². The lowest BCUT2D eigenvalue weighted by atomic mass is 10.3. The monoisotopic (exact) mass is 245 g/mol. The molecule has 0 aromatic heterocycles. The molecule has 7 heteroatoms. The first-order valence-electron chi connectivity index (χ1n) is 4.55. The van der Waals surface area contributed by atoms with Crippen molar-refractivity contribution >= 4 is 15.5 Å². The van der Waals surface area contributed by atoms with Crippen LogP contribution in [0.25, 0.3) is 0 Å². The number of sulfone groups is 1. The highest BCUT2D eigenvalue weighted by molar-refractivity contribution is 7.92. The highest BCUT2D eigenvalue weighted by Gasteiger charge is 2.48. The number of alkyl halides is 1. The van der Waals surface area contributed by atoms with Gasteiger partial charge < -0.3 is 0 Å². The molecule has 1 aromatic carbocycles. The largest absolute Gasteiger partial charge is 0.269 e. The van der Waals surface area contributed by atoms with Gasteiger partial charge in [0, 0.05) is 12.1 Å². The van der Waals surface area contributed by atoms with E-state index in [1.54, 1.807) is 0 Å². The van der Waals surface area contributed by atoms with Crippen LogP contribution in [-0.4, -0.2) is 24.8 Å². The molecule has 1 saturated carbocycles. The molecule has 2 atom stereocenters. The molecule has 0 unspecified atom stereocenters. The quantitative estimate of drug-likeness (QED) is 0.597. The Labute approximate surface area is 91.0 Å². The highest BCUT2D eigenvalue weighted by atomic mass is 32.2. The normalized spacial score (nSPS) is 24.1. The molecular weight excluding hydrogens is 237 g/mol. The van der Waals surface area contributed by atoms with Crippen molar-refractivity contribution in [2.75, 3.05) is 0 Å². The van der Waals surface area contributed by atoms with Gasteiger partial charge in [0.2, 0.25) is 0 Å². The van der Waals surface area contributed by atoms with Crippen LogP contribution >= 0.6 is 0 Å². The molecule has 1 fully saturated rings. The van der Waals surface area contributed by atoms with Gasteiger partial charge in [0.1, 0.15) is 6.17 Å². The summed E-state index contributed by atoms with van der Waals surface area (Å²) in [5.74, 6) is 0. The zero-order valence-electron chi connectivity index (χ0n) is 8.04. The average molecular weight is 245 g/mol. The fraction of sp³-hybridized carbons (Fsp3) is 0.333. The lowest BCUT2D eigenvalue weighted by Crippen LogP contribution is -2.09. The number of hydrogen-bond acceptors (Lipinski definition) is 4. The smallest absolute Gasteiger partial charge is 0.258 e. The van der Waals surface area contributed by atoms with Gasteiger partial charge >= 0.3 is 0 Å². The number of non-ortho nitro benzene ring substituents is 1. The van der Waals surface area contributed by atoms with E-state index in [0.29, 0.717) is 0 Å². The van der Waals surface area contributed by atoms with Gasteiger partial charge in [0.25, 0.3) is 5.69 Å².